The van der Waals surface area contributed by atoms with Crippen molar-refractivity contribution in [2.24, 2.45) is 5.92 Å². The largest absolute Gasteiger partial charge is 0.493 e. The minimum absolute atomic E-state index is 0.0218. The Hall–Kier alpha value is -2.60. The molecule has 0 unspecified atom stereocenters. The van der Waals surface area contributed by atoms with Crippen molar-refractivity contribution in [1.82, 2.24) is 15.1 Å². The molecule has 168 valence electrons. The molecule has 2 aromatic carbocycles. The summed E-state index contributed by atoms with van der Waals surface area (Å²) in [5, 5.41) is 2.86. The molecule has 5 nitrogen and oxygen atoms in total. The van der Waals surface area contributed by atoms with Crippen molar-refractivity contribution in [1.29, 1.82) is 0 Å². The lowest BCUT2D eigenvalue weighted by Crippen LogP contribution is -2.49. The van der Waals surface area contributed by atoms with E-state index in [0.717, 1.165) is 18.7 Å². The van der Waals surface area contributed by atoms with Crippen LogP contribution in [0.1, 0.15) is 46.0 Å². The molecule has 0 atom stereocenters. The summed E-state index contributed by atoms with van der Waals surface area (Å²) in [6, 6.07) is 3.67. The van der Waals surface area contributed by atoms with Crippen molar-refractivity contribution in [3.8, 4) is 5.75 Å². The van der Waals surface area contributed by atoms with Crippen LogP contribution in [0.2, 0.25) is 0 Å². The Morgan fingerprint density at radius 2 is 1.87 bits per heavy atom. The number of carbonyl (C=O) groups is 1. The van der Waals surface area contributed by atoms with E-state index < -0.39 is 42.6 Å². The van der Waals surface area contributed by atoms with Gasteiger partial charge >= 0.3 is 6.03 Å². The third kappa shape index (κ3) is 7.24. The number of urea groups is 1. The minimum Gasteiger partial charge on any atom is -0.493 e. The quantitative estimate of drug-likeness (QED) is 0.658. The van der Waals surface area contributed by atoms with Gasteiger partial charge in [-0.25, -0.2) is 9.18 Å². The Labute approximate surface area is 193 Å². The fourth-order valence-electron chi connectivity index (χ4n) is 3.39. The lowest BCUT2D eigenvalue weighted by molar-refractivity contribution is 0.127. The molecule has 2 aromatic rings. The number of hydrogen-bond donors (Lipinski definition) is 1. The van der Waals surface area contributed by atoms with Crippen LogP contribution in [0.5, 0.6) is 5.75 Å². The normalized spacial score (nSPS) is 18.4. The van der Waals surface area contributed by atoms with Crippen molar-refractivity contribution in [2.45, 2.75) is 45.8 Å². The molecular formula is C25H34FN3O2. The maximum absolute atomic E-state index is 14.1. The Morgan fingerprint density at radius 3 is 2.48 bits per heavy atom. The number of hydrogen-bond acceptors (Lipinski definition) is 3. The molecule has 2 amide bonds. The van der Waals surface area contributed by atoms with E-state index >= 15 is 0 Å². The molecule has 1 aliphatic heterocycles. The van der Waals surface area contributed by atoms with E-state index in [4.69, 9.17) is 13.0 Å². The smallest absolute Gasteiger partial charge is 0.318 e. The second kappa shape index (κ2) is 11.1. The average molecular weight is 434 g/mol. The number of carbonyl (C=O) groups excluding carboxylic acids is 1. The van der Waals surface area contributed by atoms with Crippen molar-refractivity contribution in [3.05, 3.63) is 65.4 Å². The highest BCUT2D eigenvalue weighted by molar-refractivity contribution is 5.74. The van der Waals surface area contributed by atoms with Gasteiger partial charge in [-0.15, -0.1) is 0 Å². The second-order valence-corrected chi connectivity index (χ2v) is 8.13. The molecule has 31 heavy (non-hydrogen) atoms. The summed E-state index contributed by atoms with van der Waals surface area (Å²) in [6.07, 6.45) is 1.36. The fraction of sp³-hybridized carbons (Fsp3) is 0.480. The third-order valence-corrected chi connectivity index (χ3v) is 5.14. The molecule has 1 aliphatic rings. The molecule has 1 N–H and O–H groups in total. The maximum atomic E-state index is 14.1. The predicted molar refractivity (Wildman–Crippen MR) is 121 cm³/mol. The van der Waals surface area contributed by atoms with E-state index in [0.29, 0.717) is 18.6 Å². The van der Waals surface area contributed by atoms with E-state index in [9.17, 15) is 9.18 Å². The van der Waals surface area contributed by atoms with Gasteiger partial charge in [0.25, 0.3) is 0 Å². The topological polar surface area (TPSA) is 44.8 Å². The first-order valence-electron chi connectivity index (χ1n) is 13.6. The molecule has 3 rings (SSSR count). The zero-order chi connectivity index (χ0) is 27.5. The number of halogens is 1. The number of amides is 2. The summed E-state index contributed by atoms with van der Waals surface area (Å²) < 4.78 is 67.3. The van der Waals surface area contributed by atoms with Gasteiger partial charge in [-0.05, 0) is 74.2 Å². The van der Waals surface area contributed by atoms with Gasteiger partial charge in [0.1, 0.15) is 11.6 Å². The Kier molecular flexibility index (Phi) is 5.78. The first kappa shape index (κ1) is 16.1. The van der Waals surface area contributed by atoms with E-state index in [1.807, 2.05) is 7.05 Å². The summed E-state index contributed by atoms with van der Waals surface area (Å²) in [5.74, 6) is -1.16. The number of nitrogens with zero attached hydrogens (tertiary/aromatic N) is 2. The molecule has 0 aliphatic carbocycles. The highest BCUT2D eigenvalue weighted by Gasteiger charge is 2.27. The van der Waals surface area contributed by atoms with Gasteiger partial charge in [-0.3, -0.25) is 0 Å². The number of piperidine rings is 1. The summed E-state index contributed by atoms with van der Waals surface area (Å²) in [7, 11) is 1.99. The van der Waals surface area contributed by atoms with Crippen LogP contribution in [0.3, 0.4) is 0 Å². The minimum atomic E-state index is -1.81. The Bertz CT molecular complexity index is 1080. The molecule has 0 saturated carbocycles. The summed E-state index contributed by atoms with van der Waals surface area (Å²) in [5.41, 5.74) is 0.742. The van der Waals surface area contributed by atoms with Gasteiger partial charge in [0.2, 0.25) is 0 Å². The summed E-state index contributed by atoms with van der Waals surface area (Å²) >= 11 is 0. The second-order valence-electron chi connectivity index (χ2n) is 8.13. The number of ether oxygens (including phenoxy) is 1. The first-order valence-corrected chi connectivity index (χ1v) is 10.6. The molecule has 0 radical (unpaired) electrons. The fourth-order valence-corrected chi connectivity index (χ4v) is 3.39. The zero-order valence-electron chi connectivity index (χ0n) is 24.3. The van der Waals surface area contributed by atoms with Crippen LogP contribution in [0, 0.1) is 11.7 Å². The van der Waals surface area contributed by atoms with E-state index in [-0.39, 0.29) is 30.6 Å². The highest BCUT2D eigenvalue weighted by Crippen LogP contribution is 2.19. The van der Waals surface area contributed by atoms with Gasteiger partial charge in [-0.1, -0.05) is 38.1 Å². The van der Waals surface area contributed by atoms with Crippen molar-refractivity contribution >= 4 is 6.03 Å². The van der Waals surface area contributed by atoms with Crippen LogP contribution in [0.4, 0.5) is 9.18 Å². The van der Waals surface area contributed by atoms with Gasteiger partial charge in [0.05, 0.1) is 14.8 Å². The van der Waals surface area contributed by atoms with Crippen LogP contribution in [0.25, 0.3) is 0 Å². The summed E-state index contributed by atoms with van der Waals surface area (Å²) in [4.78, 5) is 17.0. The first-order chi connectivity index (χ1) is 17.3. The van der Waals surface area contributed by atoms with Crippen molar-refractivity contribution < 1.29 is 22.1 Å². The van der Waals surface area contributed by atoms with Gasteiger partial charge in [0, 0.05) is 19.1 Å². The van der Waals surface area contributed by atoms with Crippen LogP contribution in [-0.2, 0) is 13.1 Å². The van der Waals surface area contributed by atoms with Crippen LogP contribution in [-0.4, -0.2) is 48.6 Å². The zero-order valence-corrected chi connectivity index (χ0v) is 18.3. The molecular weight excluding hydrogens is 393 g/mol. The molecule has 6 heteroatoms. The van der Waals surface area contributed by atoms with Crippen molar-refractivity contribution in [3.63, 3.8) is 0 Å². The monoisotopic (exact) mass is 433 g/mol. The lowest BCUT2D eigenvalue weighted by atomic mass is 10.0. The van der Waals surface area contributed by atoms with Gasteiger partial charge < -0.3 is 19.9 Å². The van der Waals surface area contributed by atoms with Gasteiger partial charge in [0.15, 0.2) is 0 Å². The molecule has 1 fully saturated rings. The predicted octanol–water partition coefficient (Wildman–Crippen LogP) is 4.67. The molecule has 0 bridgehead atoms. The van der Waals surface area contributed by atoms with E-state index in [1.165, 1.54) is 4.90 Å². The molecule has 0 aromatic heterocycles. The van der Waals surface area contributed by atoms with Crippen LogP contribution in [0.15, 0.2) is 48.4 Å². The maximum Gasteiger partial charge on any atom is 0.318 e. The average Bonchev–Trinajstić information content (AvgIpc) is 2.86. The Morgan fingerprint density at radius 1 is 1.23 bits per heavy atom. The number of rotatable bonds is 8. The highest BCUT2D eigenvalue weighted by atomic mass is 19.1. The molecule has 1 heterocycles. The van der Waals surface area contributed by atoms with E-state index in [2.05, 4.69) is 10.2 Å². The SMILES string of the molecule is [2H]c1c([2H])c(CN(C(=O)NCc2ccc(OC([2H])([2H])C(C)C)cc2)C2CCN(C)CC2)c([2H])c([2H])c1F. The lowest BCUT2D eigenvalue weighted by Gasteiger charge is -2.37. The van der Waals surface area contributed by atoms with Crippen molar-refractivity contribution in [2.75, 3.05) is 26.7 Å². The Balaban J connectivity index is 1.76. The number of likely N-dealkylation sites (tertiary alicyclic amines) is 1. The molecule has 1 saturated heterocycles. The van der Waals surface area contributed by atoms with E-state index in [1.54, 1.807) is 38.1 Å². The number of nitrogens with one attached hydrogen (secondary N) is 1. The van der Waals surface area contributed by atoms with Crippen LogP contribution < -0.4 is 10.1 Å². The summed E-state index contributed by atoms with van der Waals surface area (Å²) in [6.45, 7) is 3.18. The molecule has 0 spiro atoms. The number of benzene rings is 2. The van der Waals surface area contributed by atoms with Gasteiger partial charge in [-0.2, -0.15) is 0 Å². The standard InChI is InChI=1S/C25H34FN3O2/c1-19(2)18-31-24-10-6-20(7-11-24)16-27-25(30)29(23-12-14-28(3)15-13-23)17-21-4-8-22(26)9-5-21/h4-11,19,23H,12-18H2,1-3H3,(H,27,30)/i4D,5D,8D,9D,18D2. The van der Waals surface area contributed by atoms with Crippen LogP contribution >= 0.6 is 0 Å². The third-order valence-electron chi connectivity index (χ3n) is 5.14.